The van der Waals surface area contributed by atoms with Crippen molar-refractivity contribution in [2.45, 2.75) is 236 Å². The lowest BCUT2D eigenvalue weighted by molar-refractivity contribution is -0.302. The van der Waals surface area contributed by atoms with Crippen molar-refractivity contribution in [1.82, 2.24) is 5.32 Å². The first kappa shape index (κ1) is 68.8. The number of amides is 1. The molecule has 0 radical (unpaired) electrons. The molecule has 0 saturated carbocycles. The van der Waals surface area contributed by atoms with Gasteiger partial charge in [0.05, 0.1) is 25.4 Å². The van der Waals surface area contributed by atoms with Crippen molar-refractivity contribution < 1.29 is 39.8 Å². The lowest BCUT2D eigenvalue weighted by Gasteiger charge is -2.40. The number of aliphatic hydroxyl groups is 5. The van der Waals surface area contributed by atoms with Crippen molar-refractivity contribution in [3.63, 3.8) is 0 Å². The fraction of sp³-hybridized carbons (Fsp3) is 0.591. The summed E-state index contributed by atoms with van der Waals surface area (Å²) in [6.07, 6.45) is 77.4. The van der Waals surface area contributed by atoms with E-state index in [2.05, 4.69) is 165 Å². The summed E-state index contributed by atoms with van der Waals surface area (Å²) in [5.41, 5.74) is 0. The Balaban J connectivity index is 2.18. The molecule has 1 rings (SSSR count). The molecule has 1 heterocycles. The third kappa shape index (κ3) is 42.6. The SMILES string of the molecule is CC/C=C\C/C=C\C/C=C\C/C=C\C/C=C\C/C=C\C/C=C\C/C=C\C/C=C\C/C=C\CCCCCCCCCCC(=O)NC(COC1OC(CO)C(O)C(O)C1O)C(O)/C=C/CC/C=C/CC/C=C/CCCCC. The first-order valence-electron chi connectivity index (χ1n) is 29.2. The number of allylic oxidation sites excluding steroid dienone is 25. The zero-order valence-electron chi connectivity index (χ0n) is 46.7. The molecular formula is C66H105NO8. The highest BCUT2D eigenvalue weighted by atomic mass is 16.7. The van der Waals surface area contributed by atoms with E-state index >= 15 is 0 Å². The van der Waals surface area contributed by atoms with E-state index in [1.165, 1.54) is 44.9 Å². The van der Waals surface area contributed by atoms with E-state index in [1.54, 1.807) is 6.08 Å². The normalized spacial score (nSPS) is 20.1. The van der Waals surface area contributed by atoms with Crippen molar-refractivity contribution in [2.24, 2.45) is 0 Å². The van der Waals surface area contributed by atoms with Crippen LogP contribution in [0.15, 0.2) is 158 Å². The molecule has 6 N–H and O–H groups in total. The van der Waals surface area contributed by atoms with E-state index in [0.29, 0.717) is 6.42 Å². The van der Waals surface area contributed by atoms with E-state index in [0.717, 1.165) is 128 Å². The minimum atomic E-state index is -1.58. The number of aliphatic hydroxyl groups excluding tert-OH is 5. The molecule has 7 atom stereocenters. The van der Waals surface area contributed by atoms with Gasteiger partial charge in [0.2, 0.25) is 5.91 Å². The van der Waals surface area contributed by atoms with E-state index in [4.69, 9.17) is 9.47 Å². The van der Waals surface area contributed by atoms with Crippen LogP contribution in [0.5, 0.6) is 0 Å². The Morgan fingerprint density at radius 3 is 1.28 bits per heavy atom. The summed E-state index contributed by atoms with van der Waals surface area (Å²) >= 11 is 0. The number of unbranched alkanes of at least 4 members (excludes halogenated alkanes) is 13. The van der Waals surface area contributed by atoms with Gasteiger partial charge < -0.3 is 40.3 Å². The highest BCUT2D eigenvalue weighted by Crippen LogP contribution is 2.22. The maximum absolute atomic E-state index is 13.0. The van der Waals surface area contributed by atoms with Crippen molar-refractivity contribution in [2.75, 3.05) is 13.2 Å². The Hall–Kier alpha value is -4.19. The lowest BCUT2D eigenvalue weighted by atomic mass is 9.99. The molecular weight excluding hydrogens is 935 g/mol. The van der Waals surface area contributed by atoms with Crippen LogP contribution in [-0.2, 0) is 14.3 Å². The number of nitrogens with one attached hydrogen (secondary N) is 1. The standard InChI is InChI=1S/C66H105NO8/c1-3-5-7-9-11-13-15-17-18-19-20-21-22-23-24-25-26-27-28-29-30-31-32-33-34-35-36-37-38-39-40-41-42-44-46-48-50-52-54-56-62(70)67-59(58-74-66-65(73)64(72)63(71)61(57-68)75-66)60(69)55-53-51-49-47-45-43-16-14-12-10-8-6-4-2/h5,7,11-14,17-18,20-21,23-24,26-27,29-30,32-33,35-36,38-39,45,47,53,55,59-61,63-66,68-69,71-73H,3-4,6,8-10,15-16,19,22,25,28,31,34,37,40-44,46,48-52,54,56-58H2,1-2H3,(H,67,70)/b7-5-,13-11-,14-12+,18-17-,21-20-,24-23-,27-26-,30-29-,33-32-,36-35-,39-38-,47-45+,55-53+. The Morgan fingerprint density at radius 2 is 0.840 bits per heavy atom. The average Bonchev–Trinajstić information content (AvgIpc) is 3.41. The van der Waals surface area contributed by atoms with Gasteiger partial charge in [0.1, 0.15) is 24.4 Å². The largest absolute Gasteiger partial charge is 0.394 e. The van der Waals surface area contributed by atoms with Crippen LogP contribution in [0.1, 0.15) is 194 Å². The third-order valence-electron chi connectivity index (χ3n) is 12.6. The fourth-order valence-electron chi connectivity index (χ4n) is 7.98. The fourth-order valence-corrected chi connectivity index (χ4v) is 7.98. The van der Waals surface area contributed by atoms with Gasteiger partial charge in [-0.2, -0.15) is 0 Å². The molecule has 0 aliphatic carbocycles. The second-order valence-electron chi connectivity index (χ2n) is 19.3. The van der Waals surface area contributed by atoms with E-state index in [1.807, 2.05) is 6.08 Å². The summed E-state index contributed by atoms with van der Waals surface area (Å²) in [7, 11) is 0. The second kappa shape index (κ2) is 53.2. The van der Waals surface area contributed by atoms with Crippen LogP contribution < -0.4 is 5.32 Å². The molecule has 1 saturated heterocycles. The van der Waals surface area contributed by atoms with Crippen molar-refractivity contribution in [3.8, 4) is 0 Å². The molecule has 75 heavy (non-hydrogen) atoms. The Bertz CT molecular complexity index is 1730. The maximum atomic E-state index is 13.0. The summed E-state index contributed by atoms with van der Waals surface area (Å²) < 4.78 is 11.2. The summed E-state index contributed by atoms with van der Waals surface area (Å²) in [6.45, 7) is 3.58. The van der Waals surface area contributed by atoms with Crippen LogP contribution in [0.25, 0.3) is 0 Å². The molecule has 7 unspecified atom stereocenters. The molecule has 0 aromatic heterocycles. The third-order valence-corrected chi connectivity index (χ3v) is 12.6. The van der Waals surface area contributed by atoms with Crippen LogP contribution in [0.3, 0.4) is 0 Å². The number of rotatable bonds is 47. The van der Waals surface area contributed by atoms with Crippen LogP contribution in [0, 0.1) is 0 Å². The lowest BCUT2D eigenvalue weighted by Crippen LogP contribution is -2.60. The van der Waals surface area contributed by atoms with Gasteiger partial charge >= 0.3 is 0 Å². The van der Waals surface area contributed by atoms with Gasteiger partial charge in [-0.3, -0.25) is 4.79 Å². The van der Waals surface area contributed by atoms with Crippen LogP contribution in [-0.4, -0.2) is 87.5 Å². The number of ether oxygens (including phenoxy) is 2. The summed E-state index contributed by atoms with van der Waals surface area (Å²) in [4.78, 5) is 13.0. The van der Waals surface area contributed by atoms with Crippen LogP contribution >= 0.6 is 0 Å². The minimum Gasteiger partial charge on any atom is -0.394 e. The summed E-state index contributed by atoms with van der Waals surface area (Å²) in [5.74, 6) is -0.208. The summed E-state index contributed by atoms with van der Waals surface area (Å²) in [5, 5.41) is 54.3. The average molecular weight is 1040 g/mol. The smallest absolute Gasteiger partial charge is 0.220 e. The Kier molecular flexibility index (Phi) is 48.8. The first-order valence-corrected chi connectivity index (χ1v) is 29.2. The van der Waals surface area contributed by atoms with Crippen LogP contribution in [0.4, 0.5) is 0 Å². The second-order valence-corrected chi connectivity index (χ2v) is 19.3. The monoisotopic (exact) mass is 1040 g/mol. The van der Waals surface area contributed by atoms with Gasteiger partial charge in [0, 0.05) is 6.42 Å². The number of carbonyl (C=O) groups is 1. The molecule has 1 aliphatic heterocycles. The quantitative estimate of drug-likeness (QED) is 0.0261. The molecule has 9 nitrogen and oxygen atoms in total. The zero-order chi connectivity index (χ0) is 54.3. The number of hydrogen-bond donors (Lipinski definition) is 6. The number of carbonyl (C=O) groups excluding carboxylic acids is 1. The molecule has 1 aliphatic rings. The Morgan fingerprint density at radius 1 is 0.467 bits per heavy atom. The molecule has 0 bridgehead atoms. The predicted octanol–water partition coefficient (Wildman–Crippen LogP) is 14.8. The van der Waals surface area contributed by atoms with Crippen molar-refractivity contribution >= 4 is 5.91 Å². The zero-order valence-corrected chi connectivity index (χ0v) is 46.7. The molecule has 0 aromatic rings. The highest BCUT2D eigenvalue weighted by molar-refractivity contribution is 5.76. The van der Waals surface area contributed by atoms with Gasteiger partial charge in [-0.05, 0) is 122 Å². The van der Waals surface area contributed by atoms with Crippen molar-refractivity contribution in [3.05, 3.63) is 158 Å². The first-order chi connectivity index (χ1) is 36.8. The Labute approximate surface area is 456 Å². The van der Waals surface area contributed by atoms with E-state index in [-0.39, 0.29) is 12.5 Å². The van der Waals surface area contributed by atoms with Gasteiger partial charge in [0.25, 0.3) is 0 Å². The number of hydrogen-bond acceptors (Lipinski definition) is 8. The van der Waals surface area contributed by atoms with Gasteiger partial charge in [-0.1, -0.05) is 223 Å². The van der Waals surface area contributed by atoms with Crippen LogP contribution in [0.2, 0.25) is 0 Å². The topological polar surface area (TPSA) is 149 Å². The minimum absolute atomic E-state index is 0.208. The predicted molar refractivity (Wildman–Crippen MR) is 317 cm³/mol. The highest BCUT2D eigenvalue weighted by Gasteiger charge is 2.44. The molecule has 9 heteroatoms. The van der Waals surface area contributed by atoms with Gasteiger partial charge in [-0.25, -0.2) is 0 Å². The molecule has 0 aromatic carbocycles. The van der Waals surface area contributed by atoms with E-state index in [9.17, 15) is 30.3 Å². The molecule has 0 spiro atoms. The molecule has 1 fully saturated rings. The van der Waals surface area contributed by atoms with Crippen molar-refractivity contribution in [1.29, 1.82) is 0 Å². The summed E-state index contributed by atoms with van der Waals surface area (Å²) in [6, 6.07) is -0.843. The van der Waals surface area contributed by atoms with Gasteiger partial charge in [0.15, 0.2) is 6.29 Å². The molecule has 422 valence electrons. The van der Waals surface area contributed by atoms with Gasteiger partial charge in [-0.15, -0.1) is 0 Å². The molecule has 1 amide bonds. The maximum Gasteiger partial charge on any atom is 0.220 e. The van der Waals surface area contributed by atoms with E-state index < -0.39 is 49.5 Å².